The summed E-state index contributed by atoms with van der Waals surface area (Å²) < 4.78 is 0. The lowest BCUT2D eigenvalue weighted by molar-refractivity contribution is -0.138. The van der Waals surface area contributed by atoms with Gasteiger partial charge in [-0.05, 0) is 31.3 Å². The molecule has 1 fully saturated rings. The molecule has 8 heteroatoms. The maximum absolute atomic E-state index is 13.0. The van der Waals surface area contributed by atoms with E-state index < -0.39 is 6.04 Å². The molecule has 3 rings (SSSR count). The molecule has 3 heterocycles. The number of likely N-dealkylation sites (tertiary alicyclic amines) is 1. The normalized spacial score (nSPS) is 19.8. The maximum Gasteiger partial charge on any atom is 0.245 e. The molecule has 2 aliphatic heterocycles. The van der Waals surface area contributed by atoms with Gasteiger partial charge in [0.1, 0.15) is 6.04 Å². The fraction of sp³-hybridized carbons (Fsp3) is 0.722. The molecule has 0 aliphatic carbocycles. The third-order valence-electron chi connectivity index (χ3n) is 5.50. The van der Waals surface area contributed by atoms with Crippen molar-refractivity contribution in [2.24, 2.45) is 0 Å². The summed E-state index contributed by atoms with van der Waals surface area (Å²) in [4.78, 5) is 34.5. The number of aromatic nitrogens is 2. The average molecular weight is 380 g/mol. The van der Waals surface area contributed by atoms with Crippen LogP contribution < -0.4 is 10.6 Å². The number of thioether (sulfide) groups is 1. The summed E-state index contributed by atoms with van der Waals surface area (Å²) in [6, 6.07) is -0.413. The van der Waals surface area contributed by atoms with Gasteiger partial charge in [0.2, 0.25) is 11.8 Å². The van der Waals surface area contributed by atoms with Crippen LogP contribution in [0.2, 0.25) is 0 Å². The number of carbonyl (C=O) groups is 2. The molecule has 3 N–H and O–H groups in total. The molecular weight excluding hydrogens is 350 g/mol. The molecule has 0 radical (unpaired) electrons. The van der Waals surface area contributed by atoms with E-state index in [1.165, 1.54) is 5.69 Å². The minimum absolute atomic E-state index is 0.0498. The standard InChI is InChI=1S/C18H29N5O2S/c1-3-15(24)22-14(5-11-26-2)17(25)23-9-6-18(7-10-23)16-13(4-8-21-18)19-12-20-16/h12,14,21H,3-11H2,1-2H3,(H,19,20)(H,22,24). The zero-order valence-corrected chi connectivity index (χ0v) is 16.5. The Morgan fingerprint density at radius 2 is 2.19 bits per heavy atom. The first-order valence-electron chi connectivity index (χ1n) is 9.44. The fourth-order valence-electron chi connectivity index (χ4n) is 3.97. The van der Waals surface area contributed by atoms with E-state index in [1.54, 1.807) is 18.1 Å². The van der Waals surface area contributed by atoms with Crippen molar-refractivity contribution in [3.63, 3.8) is 0 Å². The summed E-state index contributed by atoms with van der Waals surface area (Å²) in [5, 5.41) is 6.55. The van der Waals surface area contributed by atoms with Crippen molar-refractivity contribution in [1.82, 2.24) is 25.5 Å². The van der Waals surface area contributed by atoms with E-state index >= 15 is 0 Å². The predicted molar refractivity (Wildman–Crippen MR) is 103 cm³/mol. The van der Waals surface area contributed by atoms with Crippen LogP contribution in [0.4, 0.5) is 0 Å². The number of rotatable bonds is 6. The Balaban J connectivity index is 1.65. The van der Waals surface area contributed by atoms with Crippen LogP contribution in [-0.4, -0.2) is 64.4 Å². The quantitative estimate of drug-likeness (QED) is 0.687. The molecule has 0 bridgehead atoms. The van der Waals surface area contributed by atoms with E-state index in [9.17, 15) is 9.59 Å². The molecule has 144 valence electrons. The van der Waals surface area contributed by atoms with Crippen LogP contribution in [0.5, 0.6) is 0 Å². The molecule has 1 aromatic heterocycles. The highest BCUT2D eigenvalue weighted by Gasteiger charge is 2.42. The van der Waals surface area contributed by atoms with Gasteiger partial charge in [-0.25, -0.2) is 4.98 Å². The molecule has 1 unspecified atom stereocenters. The van der Waals surface area contributed by atoms with Gasteiger partial charge in [0.15, 0.2) is 0 Å². The summed E-state index contributed by atoms with van der Waals surface area (Å²) in [6.07, 6.45) is 7.55. The number of H-pyrrole nitrogens is 1. The Hall–Kier alpha value is -1.54. The first-order valence-corrected chi connectivity index (χ1v) is 10.8. The summed E-state index contributed by atoms with van der Waals surface area (Å²) in [5.41, 5.74) is 2.22. The maximum atomic E-state index is 13.0. The number of fused-ring (bicyclic) bond motifs is 2. The number of aromatic amines is 1. The minimum Gasteiger partial charge on any atom is -0.348 e. The van der Waals surface area contributed by atoms with Crippen LogP contribution in [0.3, 0.4) is 0 Å². The number of nitrogens with zero attached hydrogens (tertiary/aromatic N) is 2. The number of nitrogens with one attached hydrogen (secondary N) is 3. The highest BCUT2D eigenvalue weighted by molar-refractivity contribution is 7.98. The van der Waals surface area contributed by atoms with Crippen molar-refractivity contribution in [2.75, 3.05) is 31.6 Å². The molecular formula is C18H29N5O2S. The van der Waals surface area contributed by atoms with Gasteiger partial charge in [-0.1, -0.05) is 6.92 Å². The number of hydrogen-bond acceptors (Lipinski definition) is 5. The van der Waals surface area contributed by atoms with Gasteiger partial charge in [0.25, 0.3) is 0 Å². The highest BCUT2D eigenvalue weighted by atomic mass is 32.2. The first-order chi connectivity index (χ1) is 12.6. The van der Waals surface area contributed by atoms with Crippen LogP contribution in [0, 0.1) is 0 Å². The molecule has 1 saturated heterocycles. The van der Waals surface area contributed by atoms with Crippen LogP contribution >= 0.6 is 11.8 Å². The second kappa shape index (κ2) is 8.43. The van der Waals surface area contributed by atoms with Gasteiger partial charge in [-0.15, -0.1) is 0 Å². The lowest BCUT2D eigenvalue weighted by atomic mass is 9.80. The molecule has 1 aromatic rings. The largest absolute Gasteiger partial charge is 0.348 e. The molecule has 0 aromatic carbocycles. The van der Waals surface area contributed by atoms with Crippen LogP contribution in [0.15, 0.2) is 6.33 Å². The Morgan fingerprint density at radius 3 is 2.88 bits per heavy atom. The van der Waals surface area contributed by atoms with Crippen molar-refractivity contribution in [3.8, 4) is 0 Å². The predicted octanol–water partition coefficient (Wildman–Crippen LogP) is 1.02. The second-order valence-corrected chi connectivity index (χ2v) is 8.05. The van der Waals surface area contributed by atoms with E-state index in [4.69, 9.17) is 0 Å². The van der Waals surface area contributed by atoms with E-state index in [1.807, 2.05) is 18.1 Å². The Morgan fingerprint density at radius 1 is 1.42 bits per heavy atom. The van der Waals surface area contributed by atoms with E-state index in [0.717, 1.165) is 37.3 Å². The van der Waals surface area contributed by atoms with Crippen molar-refractivity contribution >= 4 is 23.6 Å². The Bertz CT molecular complexity index is 639. The molecule has 1 spiro atoms. The number of imidazole rings is 1. The monoisotopic (exact) mass is 379 g/mol. The molecule has 26 heavy (non-hydrogen) atoms. The summed E-state index contributed by atoms with van der Waals surface area (Å²) in [5.74, 6) is 0.845. The lowest BCUT2D eigenvalue weighted by Crippen LogP contribution is -2.57. The van der Waals surface area contributed by atoms with Crippen LogP contribution in [0.25, 0.3) is 0 Å². The van der Waals surface area contributed by atoms with Crippen molar-refractivity contribution < 1.29 is 9.59 Å². The summed E-state index contributed by atoms with van der Waals surface area (Å²) >= 11 is 1.70. The van der Waals surface area contributed by atoms with Gasteiger partial charge in [0, 0.05) is 38.2 Å². The van der Waals surface area contributed by atoms with E-state index in [0.29, 0.717) is 25.9 Å². The molecule has 1 atom stereocenters. The Labute approximate surface area is 159 Å². The lowest BCUT2D eigenvalue weighted by Gasteiger charge is -2.44. The van der Waals surface area contributed by atoms with Crippen molar-refractivity contribution in [2.45, 2.75) is 50.6 Å². The molecule has 2 aliphatic rings. The SMILES string of the molecule is CCC(=O)NC(CCSC)C(=O)N1CCC2(CC1)NCCc1[nH]cnc12. The summed E-state index contributed by atoms with van der Waals surface area (Å²) in [6.45, 7) is 4.13. The second-order valence-electron chi connectivity index (χ2n) is 7.07. The molecule has 0 saturated carbocycles. The highest BCUT2D eigenvalue weighted by Crippen LogP contribution is 2.36. The van der Waals surface area contributed by atoms with Gasteiger partial charge in [-0.2, -0.15) is 11.8 Å². The Kier molecular flexibility index (Phi) is 6.24. The third-order valence-corrected chi connectivity index (χ3v) is 6.15. The zero-order chi connectivity index (χ0) is 18.6. The van der Waals surface area contributed by atoms with Gasteiger partial charge in [0.05, 0.1) is 17.6 Å². The van der Waals surface area contributed by atoms with Crippen molar-refractivity contribution in [3.05, 3.63) is 17.7 Å². The number of amides is 2. The van der Waals surface area contributed by atoms with E-state index in [2.05, 4.69) is 20.6 Å². The average Bonchev–Trinajstić information content (AvgIpc) is 3.15. The van der Waals surface area contributed by atoms with Crippen molar-refractivity contribution in [1.29, 1.82) is 0 Å². The van der Waals surface area contributed by atoms with Gasteiger partial charge in [-0.3, -0.25) is 9.59 Å². The topological polar surface area (TPSA) is 90.1 Å². The number of carbonyl (C=O) groups excluding carboxylic acids is 2. The van der Waals surface area contributed by atoms with Crippen LogP contribution in [0.1, 0.15) is 44.0 Å². The van der Waals surface area contributed by atoms with Gasteiger partial charge < -0.3 is 20.5 Å². The number of piperidine rings is 1. The molecule has 2 amide bonds. The fourth-order valence-corrected chi connectivity index (χ4v) is 4.44. The van der Waals surface area contributed by atoms with E-state index in [-0.39, 0.29) is 17.4 Å². The summed E-state index contributed by atoms with van der Waals surface area (Å²) in [7, 11) is 0. The molecule has 7 nitrogen and oxygen atoms in total. The third kappa shape index (κ3) is 3.91. The smallest absolute Gasteiger partial charge is 0.245 e. The van der Waals surface area contributed by atoms with Gasteiger partial charge >= 0.3 is 0 Å². The first kappa shape index (κ1) is 19.2. The minimum atomic E-state index is -0.413. The van der Waals surface area contributed by atoms with Crippen LogP contribution in [-0.2, 0) is 21.5 Å². The zero-order valence-electron chi connectivity index (χ0n) is 15.6. The number of hydrogen-bond donors (Lipinski definition) is 3.